The van der Waals surface area contributed by atoms with Crippen LogP contribution < -0.4 is 10.1 Å². The zero-order valence-corrected chi connectivity index (χ0v) is 15.2. The average Bonchev–Trinajstić information content (AvgIpc) is 3.14. The molecular weight excluding hydrogens is 334 g/mol. The van der Waals surface area contributed by atoms with Gasteiger partial charge in [-0.25, -0.2) is 0 Å². The normalized spacial score (nSPS) is 23.6. The number of nitrogens with one attached hydrogen (secondary N) is 1. The summed E-state index contributed by atoms with van der Waals surface area (Å²) in [4.78, 5) is 23.5. The third-order valence-corrected chi connectivity index (χ3v) is 5.42. The van der Waals surface area contributed by atoms with Gasteiger partial charge in [0.2, 0.25) is 5.91 Å². The van der Waals surface area contributed by atoms with Crippen LogP contribution in [0.15, 0.2) is 18.2 Å². The highest BCUT2D eigenvalue weighted by molar-refractivity contribution is 5.93. The van der Waals surface area contributed by atoms with Gasteiger partial charge in [-0.15, -0.1) is 0 Å². The number of rotatable bonds is 6. The van der Waals surface area contributed by atoms with E-state index in [1.54, 1.807) is 0 Å². The molecule has 142 valence electrons. The maximum Gasteiger partial charge on any atom is 0.306 e. The van der Waals surface area contributed by atoms with Crippen molar-refractivity contribution >= 4 is 17.6 Å². The third-order valence-electron chi connectivity index (χ3n) is 5.42. The average molecular weight is 361 g/mol. The zero-order chi connectivity index (χ0) is 18.5. The molecule has 0 radical (unpaired) electrons. The van der Waals surface area contributed by atoms with Gasteiger partial charge in [-0.1, -0.05) is 6.07 Å². The lowest BCUT2D eigenvalue weighted by Crippen LogP contribution is -2.22. The Labute approximate surface area is 153 Å². The molecule has 1 saturated heterocycles. The van der Waals surface area contributed by atoms with Crippen molar-refractivity contribution in [2.75, 3.05) is 25.1 Å². The Hall–Kier alpha value is -2.08. The number of carbonyl (C=O) groups is 2. The minimum absolute atomic E-state index is 0.104. The first kappa shape index (κ1) is 18.7. The Balaban J connectivity index is 1.56. The van der Waals surface area contributed by atoms with Gasteiger partial charge in [0.05, 0.1) is 12.5 Å². The van der Waals surface area contributed by atoms with Crippen molar-refractivity contribution in [1.82, 2.24) is 0 Å². The molecule has 2 atom stereocenters. The quantitative estimate of drug-likeness (QED) is 0.812. The fraction of sp³-hybridized carbons (Fsp3) is 0.600. The van der Waals surface area contributed by atoms with Gasteiger partial charge in [-0.05, 0) is 56.6 Å². The first-order valence-corrected chi connectivity index (χ1v) is 9.38. The molecule has 2 aliphatic rings. The van der Waals surface area contributed by atoms with Gasteiger partial charge in [-0.2, -0.15) is 0 Å². The highest BCUT2D eigenvalue weighted by atomic mass is 16.5. The molecule has 1 aromatic carbocycles. The van der Waals surface area contributed by atoms with Gasteiger partial charge >= 0.3 is 5.97 Å². The topological polar surface area (TPSA) is 84.9 Å². The first-order chi connectivity index (χ1) is 12.5. The number of carboxylic acid groups (broad SMARTS) is 1. The Kier molecular flexibility index (Phi) is 6.14. The number of anilines is 1. The number of aliphatic carboxylic acids is 1. The molecule has 2 N–H and O–H groups in total. The molecule has 1 heterocycles. The molecule has 26 heavy (non-hydrogen) atoms. The number of benzene rings is 1. The van der Waals surface area contributed by atoms with Gasteiger partial charge in [0.15, 0.2) is 0 Å². The molecule has 6 nitrogen and oxygen atoms in total. The zero-order valence-electron chi connectivity index (χ0n) is 15.2. The van der Waals surface area contributed by atoms with Crippen molar-refractivity contribution in [2.24, 2.45) is 17.8 Å². The third kappa shape index (κ3) is 4.75. The van der Waals surface area contributed by atoms with E-state index in [2.05, 4.69) is 5.32 Å². The lowest BCUT2D eigenvalue weighted by Gasteiger charge is -2.22. The standard InChI is InChI=1S/C20H27NO5/c1-13-2-5-17(11-18(13)26-12-14-6-8-25-9-7-14)21-19(22)15-3-4-16(10-15)20(23)24/h2,5,11,14-16H,3-4,6-10,12H2,1H3,(H,21,22)(H,23,24)/t15-,16+/m1/s1. The molecular formula is C20H27NO5. The molecule has 1 aromatic rings. The van der Waals surface area contributed by atoms with Crippen molar-refractivity contribution in [1.29, 1.82) is 0 Å². The van der Waals surface area contributed by atoms with E-state index in [0.717, 1.165) is 37.4 Å². The number of ether oxygens (including phenoxy) is 2. The van der Waals surface area contributed by atoms with Crippen LogP contribution in [0.3, 0.4) is 0 Å². The summed E-state index contributed by atoms with van der Waals surface area (Å²) in [5, 5.41) is 12.0. The fourth-order valence-electron chi connectivity index (χ4n) is 3.64. The van der Waals surface area contributed by atoms with Gasteiger partial charge < -0.3 is 19.9 Å². The maximum atomic E-state index is 12.4. The van der Waals surface area contributed by atoms with E-state index in [1.165, 1.54) is 0 Å². The van der Waals surface area contributed by atoms with E-state index in [1.807, 2.05) is 25.1 Å². The van der Waals surface area contributed by atoms with Crippen LogP contribution in [0.2, 0.25) is 0 Å². The van der Waals surface area contributed by atoms with Gasteiger partial charge in [0.1, 0.15) is 5.75 Å². The van der Waals surface area contributed by atoms with Gasteiger partial charge in [-0.3, -0.25) is 9.59 Å². The molecule has 0 bridgehead atoms. The Morgan fingerprint density at radius 3 is 2.62 bits per heavy atom. The number of aryl methyl sites for hydroxylation is 1. The summed E-state index contributed by atoms with van der Waals surface area (Å²) in [6.07, 6.45) is 3.65. The van der Waals surface area contributed by atoms with Crippen molar-refractivity contribution in [2.45, 2.75) is 39.0 Å². The van der Waals surface area contributed by atoms with Gasteiger partial charge in [0, 0.05) is 30.9 Å². The number of amides is 1. The second-order valence-corrected chi connectivity index (χ2v) is 7.38. The van der Waals surface area contributed by atoms with Crippen LogP contribution in [0.5, 0.6) is 5.75 Å². The molecule has 1 saturated carbocycles. The van der Waals surface area contributed by atoms with Crippen LogP contribution in [0, 0.1) is 24.7 Å². The second-order valence-electron chi connectivity index (χ2n) is 7.38. The Morgan fingerprint density at radius 1 is 1.19 bits per heavy atom. The lowest BCUT2D eigenvalue weighted by atomic mass is 10.0. The van der Waals surface area contributed by atoms with Crippen LogP contribution in [-0.2, 0) is 14.3 Å². The van der Waals surface area contributed by atoms with E-state index < -0.39 is 11.9 Å². The highest BCUT2D eigenvalue weighted by Gasteiger charge is 2.33. The van der Waals surface area contributed by atoms with Crippen LogP contribution >= 0.6 is 0 Å². The lowest BCUT2D eigenvalue weighted by molar-refractivity contribution is -0.141. The largest absolute Gasteiger partial charge is 0.493 e. The molecule has 0 spiro atoms. The van der Waals surface area contributed by atoms with Crippen LogP contribution in [0.4, 0.5) is 5.69 Å². The van der Waals surface area contributed by atoms with Crippen LogP contribution in [-0.4, -0.2) is 36.8 Å². The van der Waals surface area contributed by atoms with Crippen molar-refractivity contribution in [3.8, 4) is 5.75 Å². The van der Waals surface area contributed by atoms with Gasteiger partial charge in [0.25, 0.3) is 0 Å². The van der Waals surface area contributed by atoms with E-state index in [-0.39, 0.29) is 11.8 Å². The second kappa shape index (κ2) is 8.54. The maximum absolute atomic E-state index is 12.4. The molecule has 0 aromatic heterocycles. The molecule has 6 heteroatoms. The predicted molar refractivity (Wildman–Crippen MR) is 97.3 cm³/mol. The fourth-order valence-corrected chi connectivity index (χ4v) is 3.64. The van der Waals surface area contributed by atoms with E-state index >= 15 is 0 Å². The SMILES string of the molecule is Cc1ccc(NC(=O)[C@@H]2CC[C@H](C(=O)O)C2)cc1OCC1CCOCC1. The minimum atomic E-state index is -0.806. The molecule has 1 amide bonds. The first-order valence-electron chi connectivity index (χ1n) is 9.38. The van der Waals surface area contributed by atoms with E-state index in [0.29, 0.717) is 37.5 Å². The Bertz CT molecular complexity index is 654. The molecule has 2 fully saturated rings. The summed E-state index contributed by atoms with van der Waals surface area (Å²) in [7, 11) is 0. The minimum Gasteiger partial charge on any atom is -0.493 e. The number of carboxylic acids is 1. The summed E-state index contributed by atoms with van der Waals surface area (Å²) in [6.45, 7) is 4.23. The summed E-state index contributed by atoms with van der Waals surface area (Å²) in [5.74, 6) is -0.254. The smallest absolute Gasteiger partial charge is 0.306 e. The highest BCUT2D eigenvalue weighted by Crippen LogP contribution is 2.32. The number of hydrogen-bond donors (Lipinski definition) is 2. The van der Waals surface area contributed by atoms with Crippen LogP contribution in [0.1, 0.15) is 37.7 Å². The van der Waals surface area contributed by atoms with Crippen molar-refractivity contribution in [3.63, 3.8) is 0 Å². The molecule has 1 aliphatic carbocycles. The number of carbonyl (C=O) groups excluding carboxylic acids is 1. The van der Waals surface area contributed by atoms with E-state index in [9.17, 15) is 9.59 Å². The van der Waals surface area contributed by atoms with Crippen LogP contribution in [0.25, 0.3) is 0 Å². The van der Waals surface area contributed by atoms with Crippen molar-refractivity contribution < 1.29 is 24.2 Å². The molecule has 1 aliphatic heterocycles. The monoisotopic (exact) mass is 361 g/mol. The summed E-state index contributed by atoms with van der Waals surface area (Å²) < 4.78 is 11.4. The summed E-state index contributed by atoms with van der Waals surface area (Å²) in [5.41, 5.74) is 1.73. The van der Waals surface area contributed by atoms with E-state index in [4.69, 9.17) is 14.6 Å². The Morgan fingerprint density at radius 2 is 1.92 bits per heavy atom. The molecule has 0 unspecified atom stereocenters. The number of hydrogen-bond acceptors (Lipinski definition) is 4. The van der Waals surface area contributed by atoms with Crippen molar-refractivity contribution in [3.05, 3.63) is 23.8 Å². The summed E-state index contributed by atoms with van der Waals surface area (Å²) >= 11 is 0. The summed E-state index contributed by atoms with van der Waals surface area (Å²) in [6, 6.07) is 5.65. The predicted octanol–water partition coefficient (Wildman–Crippen LogP) is 3.24. The molecule has 3 rings (SSSR count).